The summed E-state index contributed by atoms with van der Waals surface area (Å²) >= 11 is 0. The monoisotopic (exact) mass is 243 g/mol. The summed E-state index contributed by atoms with van der Waals surface area (Å²) < 4.78 is 10.5. The number of aliphatic hydroxyl groups is 2. The van der Waals surface area contributed by atoms with Crippen molar-refractivity contribution < 1.29 is 19.4 Å². The largest absolute Gasteiger partial charge is 0.462 e. The first-order chi connectivity index (χ1) is 8.13. The van der Waals surface area contributed by atoms with Gasteiger partial charge in [0.1, 0.15) is 18.1 Å². The molecule has 0 aromatic carbocycles. The summed E-state index contributed by atoms with van der Waals surface area (Å²) in [5.74, 6) is 1.31. The fraction of sp³-hybridized carbons (Fsp3) is 0.667. The topological polar surface area (TPSA) is 74.9 Å². The highest BCUT2D eigenvalue weighted by atomic mass is 16.5. The number of hydrogen-bond donors (Lipinski definition) is 3. The molecule has 0 saturated carbocycles. The molecule has 5 heteroatoms. The van der Waals surface area contributed by atoms with E-state index in [1.165, 1.54) is 0 Å². The minimum atomic E-state index is -0.282. The number of hydrogen-bond acceptors (Lipinski definition) is 5. The Morgan fingerprint density at radius 2 is 2.06 bits per heavy atom. The molecule has 0 bridgehead atoms. The molecule has 1 aromatic rings. The SMILES string of the molecule is COCC(C)(CCO)NCc1ccc(CO)o1. The number of nitrogens with one attached hydrogen (secondary N) is 1. The predicted octanol–water partition coefficient (Wildman–Crippen LogP) is 0.649. The van der Waals surface area contributed by atoms with Crippen LogP contribution in [0.4, 0.5) is 0 Å². The summed E-state index contributed by atoms with van der Waals surface area (Å²) in [5, 5.41) is 21.2. The van der Waals surface area contributed by atoms with Crippen LogP contribution in [0.25, 0.3) is 0 Å². The van der Waals surface area contributed by atoms with Crippen molar-refractivity contribution >= 4 is 0 Å². The van der Waals surface area contributed by atoms with E-state index in [1.54, 1.807) is 13.2 Å². The second-order valence-electron chi connectivity index (χ2n) is 4.35. The van der Waals surface area contributed by atoms with Gasteiger partial charge in [-0.05, 0) is 25.5 Å². The second kappa shape index (κ2) is 6.76. The first-order valence-electron chi connectivity index (χ1n) is 5.67. The van der Waals surface area contributed by atoms with Crippen molar-refractivity contribution in [1.82, 2.24) is 5.32 Å². The van der Waals surface area contributed by atoms with E-state index < -0.39 is 0 Å². The van der Waals surface area contributed by atoms with Crippen LogP contribution in [0.3, 0.4) is 0 Å². The van der Waals surface area contributed by atoms with E-state index in [1.807, 2.05) is 13.0 Å². The van der Waals surface area contributed by atoms with Crippen LogP contribution < -0.4 is 5.32 Å². The zero-order valence-electron chi connectivity index (χ0n) is 10.4. The highest BCUT2D eigenvalue weighted by molar-refractivity contribution is 5.06. The van der Waals surface area contributed by atoms with Gasteiger partial charge in [-0.3, -0.25) is 0 Å². The molecule has 0 fully saturated rings. The molecule has 1 heterocycles. The van der Waals surface area contributed by atoms with Gasteiger partial charge in [0.15, 0.2) is 0 Å². The smallest absolute Gasteiger partial charge is 0.129 e. The van der Waals surface area contributed by atoms with E-state index in [0.29, 0.717) is 25.3 Å². The van der Waals surface area contributed by atoms with Gasteiger partial charge in [0.05, 0.1) is 13.2 Å². The Balaban J connectivity index is 2.50. The quantitative estimate of drug-likeness (QED) is 0.625. The number of furan rings is 1. The molecule has 0 radical (unpaired) electrons. The van der Waals surface area contributed by atoms with E-state index in [4.69, 9.17) is 19.4 Å². The third kappa shape index (κ3) is 4.47. The van der Waals surface area contributed by atoms with E-state index in [9.17, 15) is 0 Å². The third-order valence-electron chi connectivity index (χ3n) is 2.69. The molecule has 0 aliphatic carbocycles. The van der Waals surface area contributed by atoms with Gasteiger partial charge >= 0.3 is 0 Å². The maximum Gasteiger partial charge on any atom is 0.129 e. The first-order valence-corrected chi connectivity index (χ1v) is 5.67. The molecule has 0 aliphatic heterocycles. The zero-order valence-corrected chi connectivity index (χ0v) is 10.4. The molecule has 98 valence electrons. The molecule has 0 saturated heterocycles. The second-order valence-corrected chi connectivity index (χ2v) is 4.35. The molecular formula is C12H21NO4. The Hall–Kier alpha value is -0.880. The van der Waals surface area contributed by atoms with E-state index in [-0.39, 0.29) is 18.8 Å². The highest BCUT2D eigenvalue weighted by Gasteiger charge is 2.23. The Morgan fingerprint density at radius 1 is 1.35 bits per heavy atom. The van der Waals surface area contributed by atoms with Gasteiger partial charge in [-0.25, -0.2) is 0 Å². The Labute approximate surface area is 101 Å². The number of methoxy groups -OCH3 is 1. The van der Waals surface area contributed by atoms with Crippen molar-refractivity contribution in [3.05, 3.63) is 23.7 Å². The lowest BCUT2D eigenvalue weighted by Crippen LogP contribution is -2.46. The van der Waals surface area contributed by atoms with Crippen LogP contribution in [-0.2, 0) is 17.9 Å². The van der Waals surface area contributed by atoms with E-state index in [0.717, 1.165) is 5.76 Å². The highest BCUT2D eigenvalue weighted by Crippen LogP contribution is 2.13. The van der Waals surface area contributed by atoms with Gasteiger partial charge in [-0.15, -0.1) is 0 Å². The summed E-state index contributed by atoms with van der Waals surface area (Å²) in [7, 11) is 1.63. The maximum absolute atomic E-state index is 9.02. The maximum atomic E-state index is 9.02. The normalized spacial score (nSPS) is 14.8. The van der Waals surface area contributed by atoms with Crippen LogP contribution in [0.2, 0.25) is 0 Å². The van der Waals surface area contributed by atoms with Crippen LogP contribution in [0.5, 0.6) is 0 Å². The Kier molecular flexibility index (Phi) is 5.64. The van der Waals surface area contributed by atoms with Crippen LogP contribution in [-0.4, -0.2) is 36.1 Å². The summed E-state index contributed by atoms with van der Waals surface area (Å²) in [6.07, 6.45) is 0.606. The minimum absolute atomic E-state index is 0.0913. The minimum Gasteiger partial charge on any atom is -0.462 e. The van der Waals surface area contributed by atoms with Crippen molar-refractivity contribution in [3.8, 4) is 0 Å². The molecule has 17 heavy (non-hydrogen) atoms. The number of aliphatic hydroxyl groups excluding tert-OH is 2. The molecule has 0 spiro atoms. The van der Waals surface area contributed by atoms with Gasteiger partial charge in [0, 0.05) is 19.3 Å². The summed E-state index contributed by atoms with van der Waals surface area (Å²) in [4.78, 5) is 0. The number of rotatable bonds is 8. The van der Waals surface area contributed by atoms with Gasteiger partial charge in [-0.2, -0.15) is 0 Å². The first kappa shape index (κ1) is 14.2. The zero-order chi connectivity index (χ0) is 12.7. The Morgan fingerprint density at radius 3 is 2.59 bits per heavy atom. The molecule has 0 aliphatic rings. The molecule has 0 amide bonds. The Bertz CT molecular complexity index is 318. The molecule has 1 aromatic heterocycles. The van der Waals surface area contributed by atoms with E-state index >= 15 is 0 Å². The van der Waals surface area contributed by atoms with Gasteiger partial charge in [0.25, 0.3) is 0 Å². The standard InChI is InChI=1S/C12H21NO4/c1-12(5-6-14,9-16-2)13-7-10-3-4-11(8-15)17-10/h3-4,13-15H,5-9H2,1-2H3. The van der Waals surface area contributed by atoms with Crippen LogP contribution in [0.15, 0.2) is 16.5 Å². The van der Waals surface area contributed by atoms with Crippen LogP contribution >= 0.6 is 0 Å². The van der Waals surface area contributed by atoms with Crippen LogP contribution in [0.1, 0.15) is 24.9 Å². The summed E-state index contributed by atoms with van der Waals surface area (Å²) in [5.41, 5.74) is -0.282. The lowest BCUT2D eigenvalue weighted by molar-refractivity contribution is 0.0954. The van der Waals surface area contributed by atoms with Crippen molar-refractivity contribution in [3.63, 3.8) is 0 Å². The van der Waals surface area contributed by atoms with Crippen molar-refractivity contribution in [2.75, 3.05) is 20.3 Å². The van der Waals surface area contributed by atoms with Gasteiger partial charge in [-0.1, -0.05) is 0 Å². The molecule has 3 N–H and O–H groups in total. The van der Waals surface area contributed by atoms with E-state index in [2.05, 4.69) is 5.32 Å². The summed E-state index contributed by atoms with van der Waals surface area (Å²) in [6, 6.07) is 3.57. The molecular weight excluding hydrogens is 222 g/mol. The molecule has 5 nitrogen and oxygen atoms in total. The van der Waals surface area contributed by atoms with Crippen molar-refractivity contribution in [1.29, 1.82) is 0 Å². The van der Waals surface area contributed by atoms with Crippen LogP contribution in [0, 0.1) is 0 Å². The third-order valence-corrected chi connectivity index (χ3v) is 2.69. The average molecular weight is 243 g/mol. The van der Waals surface area contributed by atoms with Crippen molar-refractivity contribution in [2.45, 2.75) is 32.0 Å². The fourth-order valence-corrected chi connectivity index (χ4v) is 1.68. The fourth-order valence-electron chi connectivity index (χ4n) is 1.68. The predicted molar refractivity (Wildman–Crippen MR) is 63.5 cm³/mol. The molecule has 1 atom stereocenters. The summed E-state index contributed by atoms with van der Waals surface area (Å²) in [6.45, 7) is 3.06. The average Bonchev–Trinajstić information content (AvgIpc) is 2.75. The molecule has 1 unspecified atom stereocenters. The van der Waals surface area contributed by atoms with Crippen molar-refractivity contribution in [2.24, 2.45) is 0 Å². The molecule has 1 rings (SSSR count). The lowest BCUT2D eigenvalue weighted by atomic mass is 9.99. The number of ether oxygens (including phenoxy) is 1. The lowest BCUT2D eigenvalue weighted by Gasteiger charge is -2.29. The van der Waals surface area contributed by atoms with Gasteiger partial charge < -0.3 is 24.7 Å². The van der Waals surface area contributed by atoms with Gasteiger partial charge in [0.2, 0.25) is 0 Å².